The van der Waals surface area contributed by atoms with Gasteiger partial charge in [-0.15, -0.1) is 0 Å². The van der Waals surface area contributed by atoms with Crippen molar-refractivity contribution in [3.8, 4) is 5.75 Å². The molecular weight excluding hydrogens is 384 g/mol. The maximum atomic E-state index is 12.9. The first-order valence-electron chi connectivity index (χ1n) is 9.97. The van der Waals surface area contributed by atoms with Crippen molar-refractivity contribution in [2.24, 2.45) is 0 Å². The lowest BCUT2D eigenvalue weighted by molar-refractivity contribution is -0.152. The third kappa shape index (κ3) is 4.22. The van der Waals surface area contributed by atoms with Gasteiger partial charge in [-0.3, -0.25) is 9.59 Å². The number of aromatic hydroxyl groups is 1. The Kier molecular flexibility index (Phi) is 5.56. The molecule has 3 N–H and O–H groups in total. The molecule has 0 saturated carbocycles. The van der Waals surface area contributed by atoms with Crippen molar-refractivity contribution in [3.05, 3.63) is 65.7 Å². The van der Waals surface area contributed by atoms with Gasteiger partial charge in [0.05, 0.1) is 6.54 Å². The van der Waals surface area contributed by atoms with E-state index in [4.69, 9.17) is 0 Å². The lowest BCUT2D eigenvalue weighted by Gasteiger charge is -2.45. The standard InChI is InChI=1S/C22H24N4O4/c27-17-8-6-15(7-9-17)12-18-21(29)26-11-10-25(14-19(26)20(28)24-18)22(30)23-13-16-4-2-1-3-5-16/h1-9,18-19,27H,10-14H2,(H,23,30)(H,24,28)/t18-,19+/m0/s1. The van der Waals surface area contributed by atoms with E-state index in [2.05, 4.69) is 10.6 Å². The zero-order valence-corrected chi connectivity index (χ0v) is 16.5. The molecule has 0 aromatic heterocycles. The molecule has 0 radical (unpaired) electrons. The molecule has 2 aromatic rings. The summed E-state index contributed by atoms with van der Waals surface area (Å²) in [6, 6.07) is 14.6. The number of carbonyl (C=O) groups excluding carboxylic acids is 3. The van der Waals surface area contributed by atoms with Gasteiger partial charge in [-0.25, -0.2) is 4.79 Å². The molecule has 4 amide bonds. The maximum absolute atomic E-state index is 12.9. The van der Waals surface area contributed by atoms with Crippen molar-refractivity contribution in [1.29, 1.82) is 0 Å². The lowest BCUT2D eigenvalue weighted by atomic mass is 9.98. The molecule has 0 bridgehead atoms. The molecule has 2 aliphatic heterocycles. The van der Waals surface area contributed by atoms with Crippen molar-refractivity contribution < 1.29 is 19.5 Å². The number of hydrogen-bond acceptors (Lipinski definition) is 4. The third-order valence-electron chi connectivity index (χ3n) is 5.53. The average molecular weight is 408 g/mol. The number of urea groups is 1. The van der Waals surface area contributed by atoms with E-state index >= 15 is 0 Å². The number of hydrogen-bond donors (Lipinski definition) is 3. The SMILES string of the molecule is O=C1N[C@@H](Cc2ccc(O)cc2)C(=O)N2CCN(C(=O)NCc3ccccc3)C[C@H]12. The van der Waals surface area contributed by atoms with Gasteiger partial charge in [-0.2, -0.15) is 0 Å². The van der Waals surface area contributed by atoms with Crippen LogP contribution in [0.5, 0.6) is 5.75 Å². The maximum Gasteiger partial charge on any atom is 0.317 e. The second-order valence-corrected chi connectivity index (χ2v) is 7.57. The molecule has 2 aliphatic rings. The molecule has 8 nitrogen and oxygen atoms in total. The quantitative estimate of drug-likeness (QED) is 0.698. The second kappa shape index (κ2) is 8.44. The molecule has 2 fully saturated rings. The van der Waals surface area contributed by atoms with Crippen LogP contribution in [0.4, 0.5) is 4.79 Å². The van der Waals surface area contributed by atoms with E-state index in [0.29, 0.717) is 26.1 Å². The monoisotopic (exact) mass is 408 g/mol. The van der Waals surface area contributed by atoms with Crippen LogP contribution in [0.3, 0.4) is 0 Å². The fourth-order valence-electron chi connectivity index (χ4n) is 3.88. The molecule has 30 heavy (non-hydrogen) atoms. The summed E-state index contributed by atoms with van der Waals surface area (Å²) in [5.41, 5.74) is 1.84. The Bertz CT molecular complexity index is 932. The first kappa shape index (κ1) is 19.8. The van der Waals surface area contributed by atoms with Gasteiger partial charge in [0.1, 0.15) is 17.8 Å². The lowest BCUT2D eigenvalue weighted by Crippen LogP contribution is -2.70. The predicted octanol–water partition coefficient (Wildman–Crippen LogP) is 0.856. The Morgan fingerprint density at radius 3 is 2.50 bits per heavy atom. The fraction of sp³-hybridized carbons (Fsp3) is 0.318. The van der Waals surface area contributed by atoms with Gasteiger partial charge >= 0.3 is 6.03 Å². The summed E-state index contributed by atoms with van der Waals surface area (Å²) >= 11 is 0. The Balaban J connectivity index is 1.36. The van der Waals surface area contributed by atoms with Crippen molar-refractivity contribution in [1.82, 2.24) is 20.4 Å². The Morgan fingerprint density at radius 1 is 1.03 bits per heavy atom. The molecule has 156 valence electrons. The number of phenolic OH excluding ortho intramolecular Hbond substituents is 1. The molecule has 8 heteroatoms. The van der Waals surface area contributed by atoms with Crippen LogP contribution in [-0.4, -0.2) is 64.5 Å². The molecule has 2 atom stereocenters. The summed E-state index contributed by atoms with van der Waals surface area (Å²) in [6.07, 6.45) is 0.356. The van der Waals surface area contributed by atoms with Crippen molar-refractivity contribution in [2.75, 3.05) is 19.6 Å². The minimum atomic E-state index is -0.676. The summed E-state index contributed by atoms with van der Waals surface area (Å²) in [6.45, 7) is 1.28. The molecule has 0 unspecified atom stereocenters. The average Bonchev–Trinajstić information content (AvgIpc) is 2.77. The molecule has 0 spiro atoms. The van der Waals surface area contributed by atoms with Gasteiger partial charge in [0.2, 0.25) is 11.8 Å². The normalized spacial score (nSPS) is 21.1. The van der Waals surface area contributed by atoms with E-state index < -0.39 is 12.1 Å². The first-order valence-corrected chi connectivity index (χ1v) is 9.97. The molecule has 2 saturated heterocycles. The Labute approximate surface area is 174 Å². The number of carbonyl (C=O) groups is 3. The van der Waals surface area contributed by atoms with Crippen LogP contribution in [0.25, 0.3) is 0 Å². The number of rotatable bonds is 4. The topological polar surface area (TPSA) is 102 Å². The predicted molar refractivity (Wildman–Crippen MR) is 109 cm³/mol. The molecule has 4 rings (SSSR count). The van der Waals surface area contributed by atoms with E-state index in [-0.39, 0.29) is 30.1 Å². The van der Waals surface area contributed by atoms with Gasteiger partial charge in [0.15, 0.2) is 0 Å². The number of nitrogens with zero attached hydrogens (tertiary/aromatic N) is 2. The van der Waals surface area contributed by atoms with Crippen LogP contribution in [-0.2, 0) is 22.6 Å². The van der Waals surface area contributed by atoms with Crippen LogP contribution in [0, 0.1) is 0 Å². The van der Waals surface area contributed by atoms with Gasteiger partial charge in [0.25, 0.3) is 0 Å². The minimum absolute atomic E-state index is 0.142. The summed E-state index contributed by atoms with van der Waals surface area (Å²) in [5, 5.41) is 15.1. The number of nitrogens with one attached hydrogen (secondary N) is 2. The van der Waals surface area contributed by atoms with Crippen molar-refractivity contribution >= 4 is 17.8 Å². The summed E-state index contributed by atoms with van der Waals surface area (Å²) in [7, 11) is 0. The van der Waals surface area contributed by atoms with Crippen LogP contribution in [0.1, 0.15) is 11.1 Å². The highest BCUT2D eigenvalue weighted by molar-refractivity contribution is 5.97. The van der Waals surface area contributed by atoms with Crippen LogP contribution < -0.4 is 10.6 Å². The highest BCUT2D eigenvalue weighted by atomic mass is 16.3. The largest absolute Gasteiger partial charge is 0.508 e. The molecule has 2 heterocycles. The van der Waals surface area contributed by atoms with E-state index in [1.54, 1.807) is 34.1 Å². The number of amides is 4. The van der Waals surface area contributed by atoms with Gasteiger partial charge in [0, 0.05) is 26.1 Å². The summed E-state index contributed by atoms with van der Waals surface area (Å²) in [5.74, 6) is -0.240. The third-order valence-corrected chi connectivity index (χ3v) is 5.53. The van der Waals surface area contributed by atoms with E-state index in [1.807, 2.05) is 30.3 Å². The Hall–Kier alpha value is -3.55. The summed E-state index contributed by atoms with van der Waals surface area (Å²) in [4.78, 5) is 41.3. The van der Waals surface area contributed by atoms with Gasteiger partial charge in [-0.05, 0) is 23.3 Å². The van der Waals surface area contributed by atoms with Crippen molar-refractivity contribution in [2.45, 2.75) is 25.0 Å². The first-order chi connectivity index (χ1) is 14.5. The zero-order valence-electron chi connectivity index (χ0n) is 16.5. The van der Waals surface area contributed by atoms with E-state index in [0.717, 1.165) is 11.1 Å². The fourth-order valence-corrected chi connectivity index (χ4v) is 3.88. The number of phenols is 1. The van der Waals surface area contributed by atoms with Gasteiger partial charge in [-0.1, -0.05) is 42.5 Å². The zero-order chi connectivity index (χ0) is 21.1. The smallest absolute Gasteiger partial charge is 0.317 e. The molecule has 0 aliphatic carbocycles. The minimum Gasteiger partial charge on any atom is -0.508 e. The van der Waals surface area contributed by atoms with Crippen molar-refractivity contribution in [3.63, 3.8) is 0 Å². The highest BCUT2D eigenvalue weighted by Gasteiger charge is 2.44. The molecular formula is C22H24N4O4. The van der Waals surface area contributed by atoms with Gasteiger partial charge < -0.3 is 25.5 Å². The van der Waals surface area contributed by atoms with Crippen LogP contribution in [0.15, 0.2) is 54.6 Å². The van der Waals surface area contributed by atoms with Crippen LogP contribution >= 0.6 is 0 Å². The summed E-state index contributed by atoms with van der Waals surface area (Å²) < 4.78 is 0. The van der Waals surface area contributed by atoms with Crippen LogP contribution in [0.2, 0.25) is 0 Å². The highest BCUT2D eigenvalue weighted by Crippen LogP contribution is 2.19. The number of fused-ring (bicyclic) bond motifs is 1. The number of benzene rings is 2. The molecule has 2 aromatic carbocycles. The Morgan fingerprint density at radius 2 is 1.77 bits per heavy atom. The number of piperazine rings is 2. The second-order valence-electron chi connectivity index (χ2n) is 7.57. The van der Waals surface area contributed by atoms with E-state index in [9.17, 15) is 19.5 Å². The van der Waals surface area contributed by atoms with E-state index in [1.165, 1.54) is 0 Å².